The summed E-state index contributed by atoms with van der Waals surface area (Å²) in [5, 5.41) is 9.67. The first kappa shape index (κ1) is 19.2. The van der Waals surface area contributed by atoms with E-state index in [1.165, 1.54) is 16.7 Å². The van der Waals surface area contributed by atoms with Gasteiger partial charge in [0, 0.05) is 0 Å². The fraction of sp³-hybridized carbons (Fsp3) is 0.308. The molecule has 27 heavy (non-hydrogen) atoms. The van der Waals surface area contributed by atoms with Gasteiger partial charge in [0.15, 0.2) is 0 Å². The van der Waals surface area contributed by atoms with Crippen LogP contribution in [0.1, 0.15) is 44.4 Å². The van der Waals surface area contributed by atoms with Gasteiger partial charge in [-0.3, -0.25) is 0 Å². The third-order valence-corrected chi connectivity index (χ3v) is 6.15. The van der Waals surface area contributed by atoms with Crippen LogP contribution in [0, 0.1) is 5.92 Å². The van der Waals surface area contributed by atoms with Crippen LogP contribution in [-0.2, 0) is 17.3 Å². The van der Waals surface area contributed by atoms with Gasteiger partial charge in [0.05, 0.1) is 0 Å². The lowest BCUT2D eigenvalue weighted by Gasteiger charge is -2.46. The summed E-state index contributed by atoms with van der Waals surface area (Å²) in [6.45, 7) is 9.44. The molecule has 1 nitrogen and oxygen atoms in total. The van der Waals surface area contributed by atoms with E-state index in [1.54, 1.807) is 12.1 Å². The maximum Gasteiger partial charge on any atom is 0.115 e. The quantitative estimate of drug-likeness (QED) is 0.533. The van der Waals surface area contributed by atoms with Crippen molar-refractivity contribution in [1.29, 1.82) is 0 Å². The molecule has 0 saturated carbocycles. The van der Waals surface area contributed by atoms with Gasteiger partial charge in [-0.1, -0.05) is 100 Å². The number of benzene rings is 3. The molecule has 0 atom stereocenters. The molecule has 0 aliphatic heterocycles. The molecule has 0 unspecified atom stereocenters. The van der Waals surface area contributed by atoms with Crippen molar-refractivity contribution in [3.05, 3.63) is 102 Å². The molecule has 140 valence electrons. The lowest BCUT2D eigenvalue weighted by Crippen LogP contribution is -2.43. The van der Waals surface area contributed by atoms with Crippen LogP contribution >= 0.6 is 0 Å². The highest BCUT2D eigenvalue weighted by molar-refractivity contribution is 5.34. The van der Waals surface area contributed by atoms with E-state index in [2.05, 4.69) is 88.4 Å². The smallest absolute Gasteiger partial charge is 0.115 e. The molecule has 0 radical (unpaired) electrons. The Morgan fingerprint density at radius 3 is 1.44 bits per heavy atom. The van der Waals surface area contributed by atoms with Gasteiger partial charge in [0.2, 0.25) is 0 Å². The Morgan fingerprint density at radius 1 is 0.630 bits per heavy atom. The number of phenolic OH excluding ortho intramolecular Hbond substituents is 1. The molecule has 0 saturated heterocycles. The van der Waals surface area contributed by atoms with E-state index in [9.17, 15) is 5.11 Å². The summed E-state index contributed by atoms with van der Waals surface area (Å²) in [5.74, 6) is 0.694. The Bertz CT molecular complexity index is 794. The summed E-state index contributed by atoms with van der Waals surface area (Å²) in [5.41, 5.74) is 3.94. The minimum absolute atomic E-state index is 0.0154. The third kappa shape index (κ3) is 4.08. The van der Waals surface area contributed by atoms with Gasteiger partial charge >= 0.3 is 0 Å². The van der Waals surface area contributed by atoms with Crippen molar-refractivity contribution >= 4 is 0 Å². The van der Waals surface area contributed by atoms with Crippen LogP contribution in [-0.4, -0.2) is 5.11 Å². The van der Waals surface area contributed by atoms with Crippen molar-refractivity contribution in [2.24, 2.45) is 5.92 Å². The lowest BCUT2D eigenvalue weighted by atomic mass is 9.58. The van der Waals surface area contributed by atoms with Gasteiger partial charge in [-0.2, -0.15) is 0 Å². The minimum atomic E-state index is -0.0154. The summed E-state index contributed by atoms with van der Waals surface area (Å²) < 4.78 is 0. The van der Waals surface area contributed by atoms with E-state index in [0.29, 0.717) is 11.7 Å². The number of phenols is 1. The highest BCUT2D eigenvalue weighted by Crippen LogP contribution is 2.46. The van der Waals surface area contributed by atoms with E-state index in [4.69, 9.17) is 0 Å². The normalized spacial score (nSPS) is 12.3. The molecule has 0 bridgehead atoms. The molecule has 3 rings (SSSR count). The molecule has 3 aromatic carbocycles. The molecule has 0 spiro atoms. The van der Waals surface area contributed by atoms with E-state index in [1.807, 2.05) is 12.1 Å². The first-order valence-corrected chi connectivity index (χ1v) is 9.71. The first-order valence-electron chi connectivity index (χ1n) is 9.71. The number of aromatic hydroxyl groups is 1. The molecule has 0 heterocycles. The highest BCUT2D eigenvalue weighted by atomic mass is 16.3. The fourth-order valence-corrected chi connectivity index (χ4v) is 4.42. The molecule has 0 fully saturated rings. The number of hydrogen-bond donors (Lipinski definition) is 1. The number of rotatable bonds is 6. The Morgan fingerprint density at radius 2 is 1.04 bits per heavy atom. The zero-order valence-corrected chi connectivity index (χ0v) is 16.8. The minimum Gasteiger partial charge on any atom is -0.508 e. The molecule has 0 aromatic heterocycles. The fourth-order valence-electron chi connectivity index (χ4n) is 4.42. The zero-order chi connectivity index (χ0) is 19.5. The van der Waals surface area contributed by atoms with Crippen LogP contribution in [0.15, 0.2) is 84.9 Å². The monoisotopic (exact) mass is 358 g/mol. The Labute approximate surface area is 163 Å². The van der Waals surface area contributed by atoms with Crippen molar-refractivity contribution < 1.29 is 5.11 Å². The second kappa shape index (κ2) is 7.60. The third-order valence-electron chi connectivity index (χ3n) is 6.15. The highest BCUT2D eigenvalue weighted by Gasteiger charge is 2.42. The van der Waals surface area contributed by atoms with Crippen LogP contribution in [0.4, 0.5) is 0 Å². The van der Waals surface area contributed by atoms with Crippen molar-refractivity contribution in [3.63, 3.8) is 0 Å². The largest absolute Gasteiger partial charge is 0.508 e. The van der Waals surface area contributed by atoms with Crippen LogP contribution in [0.2, 0.25) is 0 Å². The van der Waals surface area contributed by atoms with E-state index < -0.39 is 0 Å². The Hall–Kier alpha value is -2.54. The van der Waals surface area contributed by atoms with Crippen LogP contribution < -0.4 is 0 Å². The van der Waals surface area contributed by atoms with Crippen LogP contribution in [0.5, 0.6) is 5.75 Å². The Balaban J connectivity index is 2.07. The van der Waals surface area contributed by atoms with Gasteiger partial charge in [-0.15, -0.1) is 0 Å². The predicted octanol–water partition coefficient (Wildman–Crippen LogP) is 6.51. The topological polar surface area (TPSA) is 20.2 Å². The summed E-state index contributed by atoms with van der Waals surface area (Å²) in [6.07, 6.45) is 0.948. The van der Waals surface area contributed by atoms with E-state index in [0.717, 1.165) is 6.42 Å². The average molecular weight is 359 g/mol. The maximum absolute atomic E-state index is 9.67. The lowest BCUT2D eigenvalue weighted by molar-refractivity contribution is 0.198. The zero-order valence-electron chi connectivity index (χ0n) is 16.8. The van der Waals surface area contributed by atoms with Crippen molar-refractivity contribution in [2.45, 2.75) is 44.9 Å². The van der Waals surface area contributed by atoms with Gasteiger partial charge in [0.1, 0.15) is 5.75 Å². The van der Waals surface area contributed by atoms with E-state index >= 15 is 0 Å². The van der Waals surface area contributed by atoms with Crippen LogP contribution in [0.25, 0.3) is 0 Å². The summed E-state index contributed by atoms with van der Waals surface area (Å²) in [6, 6.07) is 29.3. The average Bonchev–Trinajstić information content (AvgIpc) is 2.68. The van der Waals surface area contributed by atoms with Crippen molar-refractivity contribution in [1.82, 2.24) is 0 Å². The summed E-state index contributed by atoms with van der Waals surface area (Å²) in [4.78, 5) is 0. The molecule has 3 aromatic rings. The molecule has 0 aliphatic carbocycles. The van der Waals surface area contributed by atoms with Crippen molar-refractivity contribution in [3.8, 4) is 5.75 Å². The molecular weight excluding hydrogens is 328 g/mol. The number of hydrogen-bond acceptors (Lipinski definition) is 1. The molecule has 1 N–H and O–H groups in total. The Kier molecular flexibility index (Phi) is 5.41. The van der Waals surface area contributed by atoms with E-state index in [-0.39, 0.29) is 10.8 Å². The summed E-state index contributed by atoms with van der Waals surface area (Å²) in [7, 11) is 0. The predicted molar refractivity (Wildman–Crippen MR) is 114 cm³/mol. The van der Waals surface area contributed by atoms with Gasteiger partial charge < -0.3 is 5.11 Å². The standard InChI is InChI=1S/C26H30O/c1-25(2,21-11-7-5-8-12-21)24(19-20-15-17-23(27)18-16-20)26(3,4)22-13-9-6-10-14-22/h5-18,24,27H,19H2,1-4H3. The SMILES string of the molecule is CC(C)(c1ccccc1)C(Cc1ccc(O)cc1)C(C)(C)c1ccccc1. The summed E-state index contributed by atoms with van der Waals surface area (Å²) >= 11 is 0. The molecule has 0 aliphatic rings. The second-order valence-electron chi connectivity index (χ2n) is 8.60. The molecular formula is C26H30O. The molecule has 0 amide bonds. The van der Waals surface area contributed by atoms with Gasteiger partial charge in [-0.05, 0) is 52.0 Å². The molecule has 1 heteroatoms. The van der Waals surface area contributed by atoms with Gasteiger partial charge in [-0.25, -0.2) is 0 Å². The second-order valence-corrected chi connectivity index (χ2v) is 8.60. The van der Waals surface area contributed by atoms with Gasteiger partial charge in [0.25, 0.3) is 0 Å². The van der Waals surface area contributed by atoms with Crippen molar-refractivity contribution in [2.75, 3.05) is 0 Å². The first-order chi connectivity index (χ1) is 12.8. The maximum atomic E-state index is 9.67. The van der Waals surface area contributed by atoms with Crippen LogP contribution in [0.3, 0.4) is 0 Å².